The molecule has 0 aliphatic rings. The Labute approximate surface area is 252 Å². The quantitative estimate of drug-likeness (QED) is 0.205. The topological polar surface area (TPSA) is 208 Å². The van der Waals surface area contributed by atoms with Gasteiger partial charge in [-0.2, -0.15) is 0 Å². The smallest absolute Gasteiger partial charge is 0.872 e. The number of carboxylic acids is 2. The Morgan fingerprint density at radius 1 is 0.725 bits per heavy atom. The van der Waals surface area contributed by atoms with Crippen LogP contribution in [0.2, 0.25) is 0 Å². The van der Waals surface area contributed by atoms with Crippen LogP contribution in [-0.4, -0.2) is 56.4 Å². The number of benzene rings is 2. The Balaban J connectivity index is 0. The summed E-state index contributed by atoms with van der Waals surface area (Å²) in [6.07, 6.45) is 12.7. The van der Waals surface area contributed by atoms with E-state index in [-0.39, 0.29) is 45.6 Å². The molecule has 2 atom stereocenters. The van der Waals surface area contributed by atoms with E-state index in [4.69, 9.17) is 0 Å². The van der Waals surface area contributed by atoms with Crippen molar-refractivity contribution in [3.8, 4) is 11.5 Å². The molecule has 2 aromatic carbocycles. The van der Waals surface area contributed by atoms with E-state index in [1.807, 2.05) is 0 Å². The number of imidazole rings is 2. The van der Waals surface area contributed by atoms with Crippen LogP contribution < -0.4 is 20.4 Å². The molecule has 40 heavy (non-hydrogen) atoms. The van der Waals surface area contributed by atoms with Crippen molar-refractivity contribution in [1.29, 1.82) is 0 Å². The third-order valence-electron chi connectivity index (χ3n) is 4.21. The maximum atomic E-state index is 11.1. The monoisotopic (exact) mass is 644 g/mol. The van der Waals surface area contributed by atoms with Gasteiger partial charge >= 0.3 is 34.1 Å². The van der Waals surface area contributed by atoms with Gasteiger partial charge < -0.3 is 40.0 Å². The van der Waals surface area contributed by atoms with Gasteiger partial charge in [0.25, 0.3) is 0 Å². The number of hydrogen-bond acceptors (Lipinski definition) is 10. The molecule has 12 nitrogen and oxygen atoms in total. The Hall–Kier alpha value is -4.22. The molecule has 0 spiro atoms. The number of carboxylic acid groups (broad SMARTS) is 2. The number of nitrogens with one attached hydrogen (secondary N) is 2. The number of aromatic amines is 2. The second-order valence-electron chi connectivity index (χ2n) is 7.14. The fourth-order valence-corrected chi connectivity index (χ4v) is 2.11. The van der Waals surface area contributed by atoms with Crippen LogP contribution in [0, 0.1) is 0 Å². The Kier molecular flexibility index (Phi) is 21.6. The zero-order valence-corrected chi connectivity index (χ0v) is 23.1. The van der Waals surface area contributed by atoms with Crippen molar-refractivity contribution >= 4 is 24.4 Å². The molecule has 2 N–H and O–H groups in total. The van der Waals surface area contributed by atoms with Gasteiger partial charge in [0.1, 0.15) is 0 Å². The summed E-state index contributed by atoms with van der Waals surface area (Å²) in [5.41, 5.74) is 0.751. The minimum absolute atomic E-state index is 0. The Morgan fingerprint density at radius 3 is 1.30 bits per heavy atom. The molecule has 2 heterocycles. The maximum absolute atomic E-state index is 11.1. The SMILES string of the molecule is C[C@@H](N=Cc1ccccc1[O-])C(=O)[O-].C[C@H](N=Cc1ccccc1[O-])C(=O)[O-].[Cu+2].[Cu+2].c1c[nH]cn1.c1c[nH]cn1. The molecule has 0 amide bonds. The van der Waals surface area contributed by atoms with Gasteiger partial charge in [-0.1, -0.05) is 48.5 Å². The third kappa shape index (κ3) is 17.3. The average Bonchev–Trinajstić information content (AvgIpc) is 3.67. The van der Waals surface area contributed by atoms with Crippen molar-refractivity contribution in [3.63, 3.8) is 0 Å². The number of rotatable bonds is 6. The number of carbonyl (C=O) groups excluding carboxylic acids is 2. The number of para-hydroxylation sites is 2. The Bertz CT molecular complexity index is 1120. The van der Waals surface area contributed by atoms with Gasteiger partial charge in [-0.05, 0) is 25.0 Å². The van der Waals surface area contributed by atoms with Gasteiger partial charge in [0.05, 0.1) is 36.7 Å². The summed E-state index contributed by atoms with van der Waals surface area (Å²) in [6.45, 7) is 2.78. The molecule has 0 unspecified atom stereocenters. The largest absolute Gasteiger partial charge is 2.00 e. The van der Waals surface area contributed by atoms with E-state index in [1.165, 1.54) is 38.4 Å². The molecule has 0 aliphatic heterocycles. The minimum atomic E-state index is -1.26. The van der Waals surface area contributed by atoms with Gasteiger partial charge in [0.2, 0.25) is 0 Å². The molecule has 0 aliphatic carbocycles. The minimum Gasteiger partial charge on any atom is -0.872 e. The third-order valence-corrected chi connectivity index (χ3v) is 4.21. The second-order valence-corrected chi connectivity index (χ2v) is 7.14. The van der Waals surface area contributed by atoms with Crippen molar-refractivity contribution in [1.82, 2.24) is 19.9 Å². The van der Waals surface area contributed by atoms with Crippen LogP contribution in [0.5, 0.6) is 11.5 Å². The molecule has 2 aromatic heterocycles. The number of hydrogen-bond donors (Lipinski definition) is 2. The van der Waals surface area contributed by atoms with Crippen molar-refractivity contribution in [2.45, 2.75) is 25.9 Å². The van der Waals surface area contributed by atoms with E-state index in [0.717, 1.165) is 0 Å². The summed E-state index contributed by atoms with van der Waals surface area (Å²) in [4.78, 5) is 40.8. The normalized spacial score (nSPS) is 11.1. The van der Waals surface area contributed by atoms with Crippen LogP contribution in [0.3, 0.4) is 0 Å². The number of aliphatic imine (C=N–C) groups is 2. The van der Waals surface area contributed by atoms with Gasteiger partial charge in [-0.3, -0.25) is 9.98 Å². The van der Waals surface area contributed by atoms with Gasteiger partial charge in [0, 0.05) is 37.2 Å². The molecule has 14 heteroatoms. The zero-order chi connectivity index (χ0) is 28.2. The first-order valence-corrected chi connectivity index (χ1v) is 11.1. The molecular formula is C26H26Cu2N6O6. The van der Waals surface area contributed by atoms with Gasteiger partial charge in [-0.15, -0.1) is 11.5 Å². The number of nitrogens with zero attached hydrogens (tertiary/aromatic N) is 4. The molecule has 4 rings (SSSR count). The molecule has 218 valence electrons. The van der Waals surface area contributed by atoms with E-state index in [1.54, 1.807) is 73.8 Å². The molecule has 0 saturated carbocycles. The van der Waals surface area contributed by atoms with E-state index < -0.39 is 24.0 Å². The Morgan fingerprint density at radius 2 is 1.07 bits per heavy atom. The van der Waals surface area contributed by atoms with Crippen molar-refractivity contribution < 1.29 is 64.2 Å². The van der Waals surface area contributed by atoms with Crippen LogP contribution in [0.4, 0.5) is 0 Å². The fraction of sp³-hybridized carbons (Fsp3) is 0.154. The summed E-state index contributed by atoms with van der Waals surface area (Å²) < 4.78 is 0. The maximum Gasteiger partial charge on any atom is 2.00 e. The number of H-pyrrole nitrogens is 2. The van der Waals surface area contributed by atoms with Gasteiger partial charge in [0.15, 0.2) is 0 Å². The van der Waals surface area contributed by atoms with Crippen LogP contribution in [0.25, 0.3) is 0 Å². The molecular weight excluding hydrogens is 619 g/mol. The van der Waals surface area contributed by atoms with Crippen molar-refractivity contribution in [3.05, 3.63) is 97.1 Å². The number of aliphatic carboxylic acids is 2. The van der Waals surface area contributed by atoms with Crippen LogP contribution in [-0.2, 0) is 43.7 Å². The summed E-state index contributed by atoms with van der Waals surface area (Å²) >= 11 is 0. The first-order chi connectivity index (χ1) is 18.2. The molecule has 0 saturated heterocycles. The summed E-state index contributed by atoms with van der Waals surface area (Å²) in [5, 5.41) is 42.9. The predicted octanol–water partition coefficient (Wildman–Crippen LogP) is -0.551. The van der Waals surface area contributed by atoms with E-state index in [0.29, 0.717) is 11.1 Å². The molecule has 2 radical (unpaired) electrons. The first-order valence-electron chi connectivity index (χ1n) is 11.1. The van der Waals surface area contributed by atoms with Crippen molar-refractivity contribution in [2.24, 2.45) is 9.98 Å². The van der Waals surface area contributed by atoms with Gasteiger partial charge in [-0.25, -0.2) is 9.97 Å². The molecule has 4 aromatic rings. The van der Waals surface area contributed by atoms with E-state index >= 15 is 0 Å². The standard InChI is InChI=1S/2C10H11NO3.2C3H4N2.2Cu/c2*1-7(10(13)14)11-6-8-4-2-3-5-9(8)12;2*1-2-5-3-4-1;;/h2*2-7,12H,1H3,(H,13,14);2*1-3H,(H,4,5);;/q;;;;2*+2/p-4/t2*7-;;;;/m10..../s1. The first kappa shape index (κ1) is 37.9. The number of carbonyl (C=O) groups is 2. The molecule has 0 bridgehead atoms. The molecule has 0 fully saturated rings. The average molecular weight is 646 g/mol. The summed E-state index contributed by atoms with van der Waals surface area (Å²) in [6, 6.07) is 10.7. The van der Waals surface area contributed by atoms with Crippen LogP contribution in [0.15, 0.2) is 96.0 Å². The second kappa shape index (κ2) is 22.7. The van der Waals surface area contributed by atoms with E-state index in [2.05, 4.69) is 29.9 Å². The fourth-order valence-electron chi connectivity index (χ4n) is 2.11. The summed E-state index contributed by atoms with van der Waals surface area (Å²) in [5.74, 6) is -2.88. The predicted molar refractivity (Wildman–Crippen MR) is 133 cm³/mol. The van der Waals surface area contributed by atoms with Crippen LogP contribution >= 0.6 is 0 Å². The van der Waals surface area contributed by atoms with Crippen molar-refractivity contribution in [2.75, 3.05) is 0 Å². The van der Waals surface area contributed by atoms with Crippen LogP contribution in [0.1, 0.15) is 25.0 Å². The number of aromatic nitrogens is 4. The zero-order valence-electron chi connectivity index (χ0n) is 21.2. The van der Waals surface area contributed by atoms with E-state index in [9.17, 15) is 30.0 Å². The summed E-state index contributed by atoms with van der Waals surface area (Å²) in [7, 11) is 0.